The second kappa shape index (κ2) is 3.65. The average Bonchev–Trinajstić information content (AvgIpc) is 2.60. The lowest BCUT2D eigenvalue weighted by molar-refractivity contribution is 0.0266. The van der Waals surface area contributed by atoms with Crippen molar-refractivity contribution in [1.82, 2.24) is 4.90 Å². The van der Waals surface area contributed by atoms with Crippen LogP contribution in [0, 0.1) is 29.1 Å². The maximum atomic E-state index is 11.7. The van der Waals surface area contributed by atoms with Crippen molar-refractivity contribution >= 4 is 6.09 Å². The number of hydrogen-bond donors (Lipinski definition) is 0. The standard InChI is InChI=1S/C12H18N2O2/c1-12(2,3)16-11(15)14-6-9-8(4-5-13)10(9)7-14/h8-10H,4,6-7H2,1-3H3. The third-order valence-electron chi connectivity index (χ3n) is 3.35. The molecule has 0 N–H and O–H groups in total. The zero-order chi connectivity index (χ0) is 11.9. The van der Waals surface area contributed by atoms with E-state index in [1.54, 1.807) is 4.90 Å². The van der Waals surface area contributed by atoms with Gasteiger partial charge in [0.1, 0.15) is 5.60 Å². The molecule has 0 aromatic rings. The highest BCUT2D eigenvalue weighted by Gasteiger charge is 2.56. The number of likely N-dealkylation sites (tertiary alicyclic amines) is 1. The summed E-state index contributed by atoms with van der Waals surface area (Å²) in [6.45, 7) is 7.17. The van der Waals surface area contributed by atoms with Gasteiger partial charge in [-0.2, -0.15) is 5.26 Å². The molecule has 0 aromatic carbocycles. The van der Waals surface area contributed by atoms with Crippen LogP contribution < -0.4 is 0 Å². The molecular weight excluding hydrogens is 204 g/mol. The number of hydrogen-bond acceptors (Lipinski definition) is 3. The lowest BCUT2D eigenvalue weighted by atomic mass is 10.2. The van der Waals surface area contributed by atoms with Crippen molar-refractivity contribution in [2.75, 3.05) is 13.1 Å². The summed E-state index contributed by atoms with van der Waals surface area (Å²) in [6.07, 6.45) is 0.424. The molecule has 2 fully saturated rings. The van der Waals surface area contributed by atoms with Crippen LogP contribution in [0.15, 0.2) is 0 Å². The van der Waals surface area contributed by atoms with E-state index < -0.39 is 5.60 Å². The van der Waals surface area contributed by atoms with Gasteiger partial charge in [-0.15, -0.1) is 0 Å². The predicted octanol–water partition coefficient (Wildman–Crippen LogP) is 2.01. The minimum Gasteiger partial charge on any atom is -0.444 e. The van der Waals surface area contributed by atoms with E-state index in [-0.39, 0.29) is 6.09 Å². The van der Waals surface area contributed by atoms with E-state index in [4.69, 9.17) is 10.00 Å². The van der Waals surface area contributed by atoms with Gasteiger partial charge in [0.05, 0.1) is 6.07 Å². The highest BCUT2D eigenvalue weighted by Crippen LogP contribution is 2.53. The molecule has 2 rings (SSSR count). The Bertz CT molecular complexity index is 328. The number of fused-ring (bicyclic) bond motifs is 1. The summed E-state index contributed by atoms with van der Waals surface area (Å²) in [5.74, 6) is 1.63. The molecule has 0 spiro atoms. The highest BCUT2D eigenvalue weighted by molar-refractivity contribution is 5.69. The number of rotatable bonds is 1. The number of nitrogens with zero attached hydrogens (tertiary/aromatic N) is 2. The van der Waals surface area contributed by atoms with Crippen molar-refractivity contribution in [3.05, 3.63) is 0 Å². The Hall–Kier alpha value is -1.24. The maximum absolute atomic E-state index is 11.7. The molecule has 1 heterocycles. The Morgan fingerprint density at radius 2 is 2.00 bits per heavy atom. The van der Waals surface area contributed by atoms with Crippen molar-refractivity contribution in [2.45, 2.75) is 32.8 Å². The Morgan fingerprint density at radius 1 is 1.44 bits per heavy atom. The summed E-state index contributed by atoms with van der Waals surface area (Å²) in [6, 6.07) is 2.21. The molecule has 16 heavy (non-hydrogen) atoms. The number of carbonyl (C=O) groups is 1. The number of nitriles is 1. The largest absolute Gasteiger partial charge is 0.444 e. The summed E-state index contributed by atoms with van der Waals surface area (Å²) in [4.78, 5) is 13.5. The predicted molar refractivity (Wildman–Crippen MR) is 58.5 cm³/mol. The van der Waals surface area contributed by atoms with Crippen LogP contribution in [0.5, 0.6) is 0 Å². The van der Waals surface area contributed by atoms with E-state index in [2.05, 4.69) is 6.07 Å². The summed E-state index contributed by atoms with van der Waals surface area (Å²) in [7, 11) is 0. The van der Waals surface area contributed by atoms with Crippen LogP contribution in [0.3, 0.4) is 0 Å². The molecule has 1 amide bonds. The molecule has 4 nitrogen and oxygen atoms in total. The van der Waals surface area contributed by atoms with Crippen molar-refractivity contribution in [2.24, 2.45) is 17.8 Å². The molecule has 0 bridgehead atoms. The highest BCUT2D eigenvalue weighted by atomic mass is 16.6. The zero-order valence-corrected chi connectivity index (χ0v) is 10.1. The van der Waals surface area contributed by atoms with E-state index in [0.29, 0.717) is 24.2 Å². The van der Waals surface area contributed by atoms with Gasteiger partial charge < -0.3 is 9.64 Å². The molecule has 4 heteroatoms. The van der Waals surface area contributed by atoms with Crippen molar-refractivity contribution in [1.29, 1.82) is 5.26 Å². The number of carbonyl (C=O) groups excluding carboxylic acids is 1. The van der Waals surface area contributed by atoms with Crippen molar-refractivity contribution < 1.29 is 9.53 Å². The third-order valence-corrected chi connectivity index (χ3v) is 3.35. The van der Waals surface area contributed by atoms with E-state index in [1.807, 2.05) is 20.8 Å². The van der Waals surface area contributed by atoms with Crippen molar-refractivity contribution in [3.63, 3.8) is 0 Å². The summed E-state index contributed by atoms with van der Waals surface area (Å²) in [5, 5.41) is 8.60. The molecule has 0 aromatic heterocycles. The summed E-state index contributed by atoms with van der Waals surface area (Å²) < 4.78 is 5.31. The first-order valence-corrected chi connectivity index (χ1v) is 5.77. The Balaban J connectivity index is 1.81. The average molecular weight is 222 g/mol. The quantitative estimate of drug-likeness (QED) is 0.682. The normalized spacial score (nSPS) is 31.9. The first kappa shape index (κ1) is 11.3. The Morgan fingerprint density at radius 3 is 2.44 bits per heavy atom. The van der Waals surface area contributed by atoms with Gasteiger partial charge in [0, 0.05) is 19.5 Å². The molecule has 2 unspecified atom stereocenters. The molecule has 1 saturated heterocycles. The van der Waals surface area contributed by atoms with Crippen LogP contribution in [0.1, 0.15) is 27.2 Å². The second-order valence-corrected chi connectivity index (χ2v) is 5.74. The van der Waals surface area contributed by atoms with Gasteiger partial charge in [0.2, 0.25) is 0 Å². The van der Waals surface area contributed by atoms with Crippen molar-refractivity contribution in [3.8, 4) is 6.07 Å². The third kappa shape index (κ3) is 2.13. The molecular formula is C12H18N2O2. The Labute approximate surface area is 96.2 Å². The van der Waals surface area contributed by atoms with Gasteiger partial charge in [-0.25, -0.2) is 4.79 Å². The fourth-order valence-corrected chi connectivity index (χ4v) is 2.53. The topological polar surface area (TPSA) is 53.3 Å². The fourth-order valence-electron chi connectivity index (χ4n) is 2.53. The smallest absolute Gasteiger partial charge is 0.410 e. The first-order valence-electron chi connectivity index (χ1n) is 5.77. The van der Waals surface area contributed by atoms with E-state index in [0.717, 1.165) is 13.1 Å². The monoisotopic (exact) mass is 222 g/mol. The van der Waals surface area contributed by atoms with E-state index >= 15 is 0 Å². The van der Waals surface area contributed by atoms with Crippen LogP contribution in [-0.4, -0.2) is 29.7 Å². The molecule has 88 valence electrons. The van der Waals surface area contributed by atoms with Gasteiger partial charge in [-0.1, -0.05) is 0 Å². The fraction of sp³-hybridized carbons (Fsp3) is 0.833. The lowest BCUT2D eigenvalue weighted by Crippen LogP contribution is -2.37. The van der Waals surface area contributed by atoms with Crippen LogP contribution in [0.25, 0.3) is 0 Å². The number of piperidine rings is 1. The molecule has 1 aliphatic heterocycles. The minimum absolute atomic E-state index is 0.213. The van der Waals surface area contributed by atoms with Gasteiger partial charge in [-0.3, -0.25) is 0 Å². The molecule has 0 radical (unpaired) electrons. The van der Waals surface area contributed by atoms with Gasteiger partial charge >= 0.3 is 6.09 Å². The minimum atomic E-state index is -0.421. The maximum Gasteiger partial charge on any atom is 0.410 e. The first-order chi connectivity index (χ1) is 7.42. The SMILES string of the molecule is CC(C)(C)OC(=O)N1CC2C(CC#N)C2C1. The van der Waals surface area contributed by atoms with Crippen LogP contribution in [0.4, 0.5) is 4.79 Å². The lowest BCUT2D eigenvalue weighted by Gasteiger charge is -2.25. The zero-order valence-electron chi connectivity index (χ0n) is 10.1. The number of amides is 1. The van der Waals surface area contributed by atoms with Gasteiger partial charge in [-0.05, 0) is 38.5 Å². The number of ether oxygens (including phenoxy) is 1. The van der Waals surface area contributed by atoms with E-state index in [1.165, 1.54) is 0 Å². The molecule has 2 aliphatic rings. The van der Waals surface area contributed by atoms with Crippen LogP contribution in [0.2, 0.25) is 0 Å². The summed E-state index contributed by atoms with van der Waals surface area (Å²) in [5.41, 5.74) is -0.421. The van der Waals surface area contributed by atoms with Gasteiger partial charge in [0.25, 0.3) is 0 Å². The second-order valence-electron chi connectivity index (χ2n) is 5.74. The van der Waals surface area contributed by atoms with Crippen LogP contribution >= 0.6 is 0 Å². The summed E-state index contributed by atoms with van der Waals surface area (Å²) >= 11 is 0. The van der Waals surface area contributed by atoms with E-state index in [9.17, 15) is 4.79 Å². The Kier molecular flexibility index (Phi) is 2.57. The van der Waals surface area contributed by atoms with Crippen LogP contribution in [-0.2, 0) is 4.74 Å². The molecule has 1 saturated carbocycles. The molecule has 1 aliphatic carbocycles. The molecule has 2 atom stereocenters. The van der Waals surface area contributed by atoms with Gasteiger partial charge in [0.15, 0.2) is 0 Å².